The number of rotatable bonds is 5. The van der Waals surface area contributed by atoms with Gasteiger partial charge in [0.15, 0.2) is 0 Å². The molecule has 0 fully saturated rings. The standard InChI is InChI=1S/C7H16N2O2/c1-3-6(4-2)9-7(10)5-11-8/h6H,3-5,8H2,1-2H3,(H,9,10). The molecule has 0 saturated carbocycles. The Kier molecular flexibility index (Phi) is 5.78. The van der Waals surface area contributed by atoms with Crippen molar-refractivity contribution in [3.05, 3.63) is 0 Å². The van der Waals surface area contributed by atoms with Gasteiger partial charge >= 0.3 is 0 Å². The Hall–Kier alpha value is -0.610. The SMILES string of the molecule is CCC(CC)NC(=O)CON. The van der Waals surface area contributed by atoms with Crippen LogP contribution in [0.25, 0.3) is 0 Å². The molecule has 66 valence electrons. The summed E-state index contributed by atoms with van der Waals surface area (Å²) in [7, 11) is 0. The molecule has 0 radical (unpaired) electrons. The summed E-state index contributed by atoms with van der Waals surface area (Å²) in [5, 5.41) is 2.77. The number of carbonyl (C=O) groups excluding carboxylic acids is 1. The Morgan fingerprint density at radius 2 is 2.09 bits per heavy atom. The van der Waals surface area contributed by atoms with E-state index in [9.17, 15) is 4.79 Å². The molecule has 4 nitrogen and oxygen atoms in total. The third kappa shape index (κ3) is 4.75. The van der Waals surface area contributed by atoms with E-state index in [1.807, 2.05) is 13.8 Å². The summed E-state index contributed by atoms with van der Waals surface area (Å²) < 4.78 is 0. The minimum Gasteiger partial charge on any atom is -0.351 e. The molecule has 0 atom stereocenters. The first-order chi connectivity index (χ1) is 5.24. The van der Waals surface area contributed by atoms with Gasteiger partial charge in [0.2, 0.25) is 5.91 Å². The number of carbonyl (C=O) groups is 1. The molecule has 0 heterocycles. The van der Waals surface area contributed by atoms with Gasteiger partial charge < -0.3 is 5.32 Å². The molecule has 0 aromatic carbocycles. The van der Waals surface area contributed by atoms with Crippen LogP contribution in [0.3, 0.4) is 0 Å². The van der Waals surface area contributed by atoms with E-state index in [0.717, 1.165) is 12.8 Å². The summed E-state index contributed by atoms with van der Waals surface area (Å²) in [6.45, 7) is 3.99. The minimum atomic E-state index is -0.152. The molecule has 0 unspecified atom stereocenters. The van der Waals surface area contributed by atoms with E-state index >= 15 is 0 Å². The van der Waals surface area contributed by atoms with Gasteiger partial charge in [0.05, 0.1) is 0 Å². The van der Waals surface area contributed by atoms with Gasteiger partial charge in [-0.3, -0.25) is 9.63 Å². The molecule has 4 heteroatoms. The fourth-order valence-electron chi connectivity index (χ4n) is 0.838. The maximum absolute atomic E-state index is 10.9. The van der Waals surface area contributed by atoms with Crippen LogP contribution < -0.4 is 11.2 Å². The van der Waals surface area contributed by atoms with Gasteiger partial charge in [0.1, 0.15) is 6.61 Å². The van der Waals surface area contributed by atoms with E-state index in [-0.39, 0.29) is 18.6 Å². The zero-order valence-corrected chi connectivity index (χ0v) is 7.09. The normalized spacial score (nSPS) is 10.2. The first kappa shape index (κ1) is 10.4. The molecule has 0 aliphatic carbocycles. The first-order valence-corrected chi connectivity index (χ1v) is 3.85. The summed E-state index contributed by atoms with van der Waals surface area (Å²) in [6.07, 6.45) is 1.87. The van der Waals surface area contributed by atoms with Gasteiger partial charge in [-0.25, -0.2) is 5.90 Å². The van der Waals surface area contributed by atoms with Crippen molar-refractivity contribution in [1.29, 1.82) is 0 Å². The highest BCUT2D eigenvalue weighted by molar-refractivity contribution is 5.77. The van der Waals surface area contributed by atoms with E-state index in [2.05, 4.69) is 10.2 Å². The Morgan fingerprint density at radius 1 is 1.55 bits per heavy atom. The Morgan fingerprint density at radius 3 is 2.45 bits per heavy atom. The molecule has 0 spiro atoms. The van der Waals surface area contributed by atoms with Gasteiger partial charge in [-0.05, 0) is 12.8 Å². The molecule has 1 amide bonds. The van der Waals surface area contributed by atoms with Crippen molar-refractivity contribution >= 4 is 5.91 Å². The van der Waals surface area contributed by atoms with Crippen LogP contribution >= 0.6 is 0 Å². The highest BCUT2D eigenvalue weighted by Gasteiger charge is 2.06. The summed E-state index contributed by atoms with van der Waals surface area (Å²) in [5.74, 6) is 4.58. The fourth-order valence-corrected chi connectivity index (χ4v) is 0.838. The number of nitrogens with one attached hydrogen (secondary N) is 1. The lowest BCUT2D eigenvalue weighted by atomic mass is 10.2. The van der Waals surface area contributed by atoms with Crippen LogP contribution in [0, 0.1) is 0 Å². The van der Waals surface area contributed by atoms with Crippen molar-refractivity contribution in [2.75, 3.05) is 6.61 Å². The zero-order chi connectivity index (χ0) is 8.69. The molecule has 3 N–H and O–H groups in total. The minimum absolute atomic E-state index is 0.0590. The second kappa shape index (κ2) is 6.12. The third-order valence-electron chi connectivity index (χ3n) is 1.57. The van der Waals surface area contributed by atoms with E-state index in [1.54, 1.807) is 0 Å². The molecule has 0 saturated heterocycles. The molecule has 0 bridgehead atoms. The zero-order valence-electron chi connectivity index (χ0n) is 7.09. The van der Waals surface area contributed by atoms with Crippen molar-refractivity contribution in [2.45, 2.75) is 32.7 Å². The van der Waals surface area contributed by atoms with Crippen LogP contribution in [0.4, 0.5) is 0 Å². The molecule has 0 aromatic rings. The molecule has 0 aliphatic heterocycles. The van der Waals surface area contributed by atoms with E-state index in [0.29, 0.717) is 0 Å². The van der Waals surface area contributed by atoms with Crippen LogP contribution in [0.1, 0.15) is 26.7 Å². The van der Waals surface area contributed by atoms with E-state index in [4.69, 9.17) is 5.90 Å². The number of hydrogen-bond donors (Lipinski definition) is 2. The van der Waals surface area contributed by atoms with Crippen molar-refractivity contribution in [1.82, 2.24) is 5.32 Å². The van der Waals surface area contributed by atoms with Crippen molar-refractivity contribution in [3.63, 3.8) is 0 Å². The Labute approximate surface area is 67.0 Å². The van der Waals surface area contributed by atoms with Crippen LogP contribution in [0.2, 0.25) is 0 Å². The Bertz CT molecular complexity index is 113. The lowest BCUT2D eigenvalue weighted by Crippen LogP contribution is -2.36. The monoisotopic (exact) mass is 160 g/mol. The van der Waals surface area contributed by atoms with Crippen molar-refractivity contribution in [3.8, 4) is 0 Å². The molecule has 0 aromatic heterocycles. The summed E-state index contributed by atoms with van der Waals surface area (Å²) in [6, 6.07) is 0.248. The van der Waals surface area contributed by atoms with Crippen LogP contribution in [-0.2, 0) is 9.63 Å². The lowest BCUT2D eigenvalue weighted by molar-refractivity contribution is -0.126. The maximum atomic E-state index is 10.9. The highest BCUT2D eigenvalue weighted by Crippen LogP contribution is 1.94. The number of amides is 1. The molecule has 0 aliphatic rings. The number of nitrogens with two attached hydrogens (primary N) is 1. The van der Waals surface area contributed by atoms with Gasteiger partial charge in [0, 0.05) is 6.04 Å². The summed E-state index contributed by atoms with van der Waals surface area (Å²) in [5.41, 5.74) is 0. The summed E-state index contributed by atoms with van der Waals surface area (Å²) in [4.78, 5) is 15.0. The van der Waals surface area contributed by atoms with Gasteiger partial charge in [-0.1, -0.05) is 13.8 Å². The molecular weight excluding hydrogens is 144 g/mol. The second-order valence-electron chi connectivity index (χ2n) is 2.39. The van der Waals surface area contributed by atoms with Crippen LogP contribution in [0.15, 0.2) is 0 Å². The topological polar surface area (TPSA) is 64.3 Å². The van der Waals surface area contributed by atoms with E-state index < -0.39 is 0 Å². The van der Waals surface area contributed by atoms with Gasteiger partial charge in [-0.2, -0.15) is 0 Å². The lowest BCUT2D eigenvalue weighted by Gasteiger charge is -2.13. The smallest absolute Gasteiger partial charge is 0.248 e. The largest absolute Gasteiger partial charge is 0.351 e. The summed E-state index contributed by atoms with van der Waals surface area (Å²) >= 11 is 0. The maximum Gasteiger partial charge on any atom is 0.248 e. The van der Waals surface area contributed by atoms with Crippen LogP contribution in [-0.4, -0.2) is 18.6 Å². The average molecular weight is 160 g/mol. The molecular formula is C7H16N2O2. The van der Waals surface area contributed by atoms with Gasteiger partial charge in [0.25, 0.3) is 0 Å². The molecule has 11 heavy (non-hydrogen) atoms. The van der Waals surface area contributed by atoms with Crippen molar-refractivity contribution in [2.24, 2.45) is 5.90 Å². The molecule has 0 rings (SSSR count). The van der Waals surface area contributed by atoms with Crippen LogP contribution in [0.5, 0.6) is 0 Å². The highest BCUT2D eigenvalue weighted by atomic mass is 16.6. The Balaban J connectivity index is 3.54. The fraction of sp³-hybridized carbons (Fsp3) is 0.857. The quantitative estimate of drug-likeness (QED) is 0.564. The van der Waals surface area contributed by atoms with E-state index in [1.165, 1.54) is 0 Å². The third-order valence-corrected chi connectivity index (χ3v) is 1.57. The van der Waals surface area contributed by atoms with Crippen molar-refractivity contribution < 1.29 is 9.63 Å². The predicted octanol–water partition coefficient (Wildman–Crippen LogP) is 0.181. The average Bonchev–Trinajstić information content (AvgIpc) is 2.01. The second-order valence-corrected chi connectivity index (χ2v) is 2.39. The predicted molar refractivity (Wildman–Crippen MR) is 42.7 cm³/mol. The first-order valence-electron chi connectivity index (χ1n) is 3.85. The number of hydrogen-bond acceptors (Lipinski definition) is 3. The van der Waals surface area contributed by atoms with Gasteiger partial charge in [-0.15, -0.1) is 0 Å².